The molecule has 7 nitrogen and oxygen atoms in total. The standard InChI is InChI=1S/C19H10F7N3O4/c1-32-11-4-2-8(29(30)31)6-10(11)12-5-3-9(33-12)7-27-28-18-16(22)14(20)13(19(24,25)26)15(21)17(18)23/h2-7,28H,1H3. The zero-order chi connectivity index (χ0) is 24.5. The number of non-ortho nitro benzene ring substituents is 1. The monoisotopic (exact) mass is 477 g/mol. The van der Waals surface area contributed by atoms with E-state index in [1.54, 1.807) is 5.43 Å². The molecule has 0 atom stereocenters. The Morgan fingerprint density at radius 1 is 1.06 bits per heavy atom. The Morgan fingerprint density at radius 2 is 1.70 bits per heavy atom. The SMILES string of the molecule is COc1ccc([N+](=O)[O-])cc1-c1ccc(C=NNc2c(F)c(F)c(C(F)(F)F)c(F)c2F)o1. The molecule has 0 fully saturated rings. The Labute approximate surface area is 179 Å². The number of furan rings is 1. The van der Waals surface area contributed by atoms with Crippen LogP contribution < -0.4 is 10.2 Å². The van der Waals surface area contributed by atoms with Crippen LogP contribution in [0.3, 0.4) is 0 Å². The van der Waals surface area contributed by atoms with E-state index < -0.39 is 45.6 Å². The van der Waals surface area contributed by atoms with E-state index in [4.69, 9.17) is 9.15 Å². The van der Waals surface area contributed by atoms with Crippen LogP contribution in [0.25, 0.3) is 11.3 Å². The van der Waals surface area contributed by atoms with Crippen molar-refractivity contribution in [3.05, 3.63) is 75.0 Å². The van der Waals surface area contributed by atoms with Gasteiger partial charge in [-0.25, -0.2) is 17.6 Å². The lowest BCUT2D eigenvalue weighted by Gasteiger charge is -2.13. The van der Waals surface area contributed by atoms with Crippen molar-refractivity contribution in [2.45, 2.75) is 6.18 Å². The normalized spacial score (nSPS) is 11.8. The van der Waals surface area contributed by atoms with Gasteiger partial charge in [0.1, 0.15) is 28.5 Å². The van der Waals surface area contributed by atoms with Crippen molar-refractivity contribution in [3.8, 4) is 17.1 Å². The van der Waals surface area contributed by atoms with Gasteiger partial charge in [-0.2, -0.15) is 18.3 Å². The lowest BCUT2D eigenvalue weighted by Crippen LogP contribution is -2.16. The third-order valence-corrected chi connectivity index (χ3v) is 4.20. The number of rotatable bonds is 6. The second-order valence-corrected chi connectivity index (χ2v) is 6.22. The highest BCUT2D eigenvalue weighted by atomic mass is 19.4. The van der Waals surface area contributed by atoms with Gasteiger partial charge < -0.3 is 9.15 Å². The minimum absolute atomic E-state index is 0.0704. The molecule has 0 aliphatic rings. The number of hydrogen-bond donors (Lipinski definition) is 1. The van der Waals surface area contributed by atoms with E-state index in [1.807, 2.05) is 0 Å². The summed E-state index contributed by atoms with van der Waals surface area (Å²) in [5.41, 5.74) is -2.81. The summed E-state index contributed by atoms with van der Waals surface area (Å²) in [4.78, 5) is 10.3. The first-order chi connectivity index (χ1) is 15.5. The van der Waals surface area contributed by atoms with Crippen molar-refractivity contribution in [1.82, 2.24) is 0 Å². The third-order valence-electron chi connectivity index (χ3n) is 4.20. The molecule has 33 heavy (non-hydrogen) atoms. The molecule has 3 rings (SSSR count). The minimum atomic E-state index is -5.67. The smallest absolute Gasteiger partial charge is 0.422 e. The molecular weight excluding hydrogens is 467 g/mol. The second kappa shape index (κ2) is 8.80. The number of nitrogens with one attached hydrogen (secondary N) is 1. The summed E-state index contributed by atoms with van der Waals surface area (Å²) < 4.78 is 103. The first-order valence-corrected chi connectivity index (χ1v) is 8.60. The summed E-state index contributed by atoms with van der Waals surface area (Å²) in [6, 6.07) is 6.31. The predicted molar refractivity (Wildman–Crippen MR) is 99.8 cm³/mol. The van der Waals surface area contributed by atoms with Crippen LogP contribution in [0.15, 0.2) is 39.9 Å². The Kier molecular flexibility index (Phi) is 6.28. The Morgan fingerprint density at radius 3 is 2.24 bits per heavy atom. The second-order valence-electron chi connectivity index (χ2n) is 6.22. The number of hydrazone groups is 1. The third kappa shape index (κ3) is 4.58. The fourth-order valence-electron chi connectivity index (χ4n) is 2.71. The van der Waals surface area contributed by atoms with Gasteiger partial charge >= 0.3 is 6.18 Å². The van der Waals surface area contributed by atoms with E-state index in [0.29, 0.717) is 0 Å². The summed E-state index contributed by atoms with van der Waals surface area (Å²) in [5.74, 6) is -9.76. The zero-order valence-electron chi connectivity index (χ0n) is 16.1. The highest BCUT2D eigenvalue weighted by molar-refractivity contribution is 5.79. The highest BCUT2D eigenvalue weighted by Gasteiger charge is 2.42. The number of alkyl halides is 3. The highest BCUT2D eigenvalue weighted by Crippen LogP contribution is 2.38. The number of nitro benzene ring substituents is 1. The van der Waals surface area contributed by atoms with Gasteiger partial charge in [0.05, 0.1) is 23.8 Å². The number of nitro groups is 1. The van der Waals surface area contributed by atoms with E-state index in [9.17, 15) is 40.8 Å². The molecule has 0 spiro atoms. The number of ether oxygens (including phenoxy) is 1. The van der Waals surface area contributed by atoms with E-state index in [-0.39, 0.29) is 28.5 Å². The molecule has 3 aromatic rings. The van der Waals surface area contributed by atoms with E-state index in [2.05, 4.69) is 5.10 Å². The molecule has 0 aliphatic heterocycles. The molecule has 0 amide bonds. The van der Waals surface area contributed by atoms with Gasteiger partial charge in [0.2, 0.25) is 0 Å². The maximum Gasteiger partial charge on any atom is 0.422 e. The molecule has 1 heterocycles. The zero-order valence-corrected chi connectivity index (χ0v) is 16.1. The fraction of sp³-hybridized carbons (Fsp3) is 0.105. The van der Waals surface area contributed by atoms with Crippen molar-refractivity contribution < 1.29 is 44.8 Å². The predicted octanol–water partition coefficient (Wildman–Crippen LogP) is 5.88. The number of halogens is 7. The van der Waals surface area contributed by atoms with Crippen LogP contribution in [0.2, 0.25) is 0 Å². The van der Waals surface area contributed by atoms with Crippen molar-refractivity contribution in [2.75, 3.05) is 12.5 Å². The molecule has 1 N–H and O–H groups in total. The summed E-state index contributed by atoms with van der Waals surface area (Å²) in [5, 5.41) is 14.3. The van der Waals surface area contributed by atoms with Crippen LogP contribution in [-0.4, -0.2) is 18.2 Å². The average Bonchev–Trinajstić information content (AvgIpc) is 3.22. The average molecular weight is 477 g/mol. The first-order valence-electron chi connectivity index (χ1n) is 8.60. The van der Waals surface area contributed by atoms with Gasteiger partial charge in [-0.05, 0) is 18.2 Å². The van der Waals surface area contributed by atoms with Gasteiger partial charge in [-0.15, -0.1) is 0 Å². The molecule has 1 aromatic heterocycles. The molecule has 0 unspecified atom stereocenters. The van der Waals surface area contributed by atoms with E-state index in [0.717, 1.165) is 12.3 Å². The van der Waals surface area contributed by atoms with Gasteiger partial charge in [-0.1, -0.05) is 0 Å². The number of methoxy groups -OCH3 is 1. The fourth-order valence-corrected chi connectivity index (χ4v) is 2.71. The number of anilines is 1. The Bertz CT molecular complexity index is 1230. The van der Waals surface area contributed by atoms with Gasteiger partial charge in [0, 0.05) is 12.1 Å². The maximum absolute atomic E-state index is 13.9. The molecule has 2 aromatic carbocycles. The molecule has 0 saturated carbocycles. The number of benzene rings is 2. The first kappa shape index (κ1) is 23.6. The Hall–Kier alpha value is -4.10. The van der Waals surface area contributed by atoms with Crippen molar-refractivity contribution >= 4 is 17.6 Å². The molecule has 0 radical (unpaired) electrons. The van der Waals surface area contributed by atoms with Gasteiger partial charge in [-0.3, -0.25) is 15.5 Å². The lowest BCUT2D eigenvalue weighted by molar-refractivity contribution is -0.384. The van der Waals surface area contributed by atoms with Crippen LogP contribution in [0, 0.1) is 33.4 Å². The van der Waals surface area contributed by atoms with Crippen LogP contribution in [0.1, 0.15) is 11.3 Å². The van der Waals surface area contributed by atoms with Crippen molar-refractivity contribution in [3.63, 3.8) is 0 Å². The van der Waals surface area contributed by atoms with Crippen molar-refractivity contribution in [2.24, 2.45) is 5.10 Å². The number of nitrogens with zero attached hydrogens (tertiary/aromatic N) is 2. The van der Waals surface area contributed by atoms with Crippen LogP contribution >= 0.6 is 0 Å². The van der Waals surface area contributed by atoms with Gasteiger partial charge in [0.15, 0.2) is 23.3 Å². The van der Waals surface area contributed by atoms with E-state index in [1.165, 1.54) is 31.4 Å². The van der Waals surface area contributed by atoms with Crippen LogP contribution in [0.5, 0.6) is 5.75 Å². The van der Waals surface area contributed by atoms with Crippen LogP contribution in [0.4, 0.5) is 42.1 Å². The molecule has 0 aliphatic carbocycles. The summed E-state index contributed by atoms with van der Waals surface area (Å²) in [7, 11) is 1.31. The largest absolute Gasteiger partial charge is 0.496 e. The molecule has 174 valence electrons. The lowest BCUT2D eigenvalue weighted by atomic mass is 10.1. The quantitative estimate of drug-likeness (QED) is 0.157. The van der Waals surface area contributed by atoms with Crippen LogP contribution in [-0.2, 0) is 6.18 Å². The molecule has 0 saturated heterocycles. The van der Waals surface area contributed by atoms with E-state index >= 15 is 0 Å². The minimum Gasteiger partial charge on any atom is -0.496 e. The summed E-state index contributed by atoms with van der Waals surface area (Å²) in [6.45, 7) is 0. The topological polar surface area (TPSA) is 89.9 Å². The molecular formula is C19H10F7N3O4. The molecule has 14 heteroatoms. The molecule has 0 bridgehead atoms. The number of hydrogen-bond acceptors (Lipinski definition) is 6. The van der Waals surface area contributed by atoms with Gasteiger partial charge in [0.25, 0.3) is 5.69 Å². The summed E-state index contributed by atoms with van der Waals surface area (Å²) in [6.07, 6.45) is -4.88. The Balaban J connectivity index is 1.89. The maximum atomic E-state index is 13.9. The van der Waals surface area contributed by atoms with Crippen molar-refractivity contribution in [1.29, 1.82) is 0 Å². The summed E-state index contributed by atoms with van der Waals surface area (Å²) >= 11 is 0.